The number of hydrogen-bond acceptors (Lipinski definition) is 4. The quantitative estimate of drug-likeness (QED) is 0.635. The highest BCUT2D eigenvalue weighted by atomic mass is 32.2. The number of rotatable bonds is 8. The van der Waals surface area contributed by atoms with E-state index in [1.165, 1.54) is 15.6 Å². The van der Waals surface area contributed by atoms with E-state index in [2.05, 4.69) is 34.5 Å². The van der Waals surface area contributed by atoms with Gasteiger partial charge in [-0.05, 0) is 68.9 Å². The van der Waals surface area contributed by atoms with Crippen molar-refractivity contribution < 1.29 is 13.2 Å². The topological polar surface area (TPSA) is 69.7 Å². The molecule has 1 aliphatic rings. The number of para-hydroxylation sites is 1. The van der Waals surface area contributed by atoms with Gasteiger partial charge in [-0.1, -0.05) is 30.3 Å². The second-order valence-electron chi connectivity index (χ2n) is 8.39. The van der Waals surface area contributed by atoms with Crippen molar-refractivity contribution in [2.45, 2.75) is 46.1 Å². The molecular weight excluding hydrogens is 410 g/mol. The molecule has 0 bridgehead atoms. The summed E-state index contributed by atoms with van der Waals surface area (Å²) in [6.45, 7) is 7.79. The number of benzene rings is 2. The van der Waals surface area contributed by atoms with Crippen LogP contribution in [0.25, 0.3) is 0 Å². The predicted molar refractivity (Wildman–Crippen MR) is 127 cm³/mol. The van der Waals surface area contributed by atoms with E-state index in [0.29, 0.717) is 12.2 Å². The van der Waals surface area contributed by atoms with Crippen molar-refractivity contribution in [3.63, 3.8) is 0 Å². The minimum absolute atomic E-state index is 0.287. The number of amides is 1. The molecule has 1 amide bonds. The molecule has 0 unspecified atom stereocenters. The van der Waals surface area contributed by atoms with Gasteiger partial charge in [-0.15, -0.1) is 0 Å². The number of nitrogens with zero attached hydrogens (tertiary/aromatic N) is 2. The lowest BCUT2D eigenvalue weighted by Gasteiger charge is -2.32. The molecule has 2 aromatic rings. The SMILES string of the molecule is Cc1ccc(C)c(N([C@@H](C)C(=O)NCCCN2CCCc3ccccc32)S(C)(=O)=O)c1. The Bertz CT molecular complexity index is 1040. The Labute approximate surface area is 186 Å². The monoisotopic (exact) mass is 443 g/mol. The first-order valence-corrected chi connectivity index (χ1v) is 12.7. The van der Waals surface area contributed by atoms with Gasteiger partial charge in [0, 0.05) is 25.3 Å². The van der Waals surface area contributed by atoms with Crippen LogP contribution in [0.1, 0.15) is 36.5 Å². The molecule has 168 valence electrons. The molecule has 1 N–H and O–H groups in total. The predicted octanol–water partition coefficient (Wildman–Crippen LogP) is 3.42. The number of hydrogen-bond donors (Lipinski definition) is 1. The summed E-state index contributed by atoms with van der Waals surface area (Å²) in [6, 6.07) is 13.3. The average Bonchev–Trinajstić information content (AvgIpc) is 2.72. The summed E-state index contributed by atoms with van der Waals surface area (Å²) in [6.07, 6.45) is 4.20. The third kappa shape index (κ3) is 5.58. The number of nitrogens with one attached hydrogen (secondary N) is 1. The largest absolute Gasteiger partial charge is 0.371 e. The van der Waals surface area contributed by atoms with E-state index in [1.54, 1.807) is 6.92 Å². The Balaban J connectivity index is 1.61. The fourth-order valence-electron chi connectivity index (χ4n) is 4.21. The minimum atomic E-state index is -3.62. The van der Waals surface area contributed by atoms with Crippen LogP contribution in [0.2, 0.25) is 0 Å². The molecule has 0 spiro atoms. The second-order valence-corrected chi connectivity index (χ2v) is 10.2. The first-order valence-electron chi connectivity index (χ1n) is 10.9. The molecular formula is C24H33N3O3S. The number of fused-ring (bicyclic) bond motifs is 1. The van der Waals surface area contributed by atoms with Gasteiger partial charge in [0.25, 0.3) is 0 Å². The summed E-state index contributed by atoms with van der Waals surface area (Å²) in [5.74, 6) is -0.287. The first kappa shape index (κ1) is 23.1. The van der Waals surface area contributed by atoms with Crippen molar-refractivity contribution in [3.05, 3.63) is 59.2 Å². The summed E-state index contributed by atoms with van der Waals surface area (Å²) in [7, 11) is -3.62. The van der Waals surface area contributed by atoms with E-state index in [9.17, 15) is 13.2 Å². The molecule has 0 saturated carbocycles. The molecule has 7 heteroatoms. The van der Waals surface area contributed by atoms with Crippen molar-refractivity contribution in [1.29, 1.82) is 0 Å². The molecule has 0 fully saturated rings. The fraction of sp³-hybridized carbons (Fsp3) is 0.458. The van der Waals surface area contributed by atoms with Gasteiger partial charge < -0.3 is 10.2 Å². The van der Waals surface area contributed by atoms with Crippen LogP contribution >= 0.6 is 0 Å². The Hall–Kier alpha value is -2.54. The molecule has 6 nitrogen and oxygen atoms in total. The van der Waals surface area contributed by atoms with Crippen molar-refractivity contribution in [3.8, 4) is 0 Å². The van der Waals surface area contributed by atoms with Crippen molar-refractivity contribution >= 4 is 27.3 Å². The number of sulfonamides is 1. The average molecular weight is 444 g/mol. The smallest absolute Gasteiger partial charge is 0.243 e. The zero-order valence-electron chi connectivity index (χ0n) is 18.9. The summed E-state index contributed by atoms with van der Waals surface area (Å²) in [4.78, 5) is 15.2. The van der Waals surface area contributed by atoms with Crippen LogP contribution < -0.4 is 14.5 Å². The van der Waals surface area contributed by atoms with E-state index >= 15 is 0 Å². The van der Waals surface area contributed by atoms with Crippen LogP contribution in [-0.4, -0.2) is 46.3 Å². The van der Waals surface area contributed by atoms with E-state index in [0.717, 1.165) is 49.7 Å². The standard InChI is InChI=1S/C24H33N3O3S/c1-18-12-13-19(2)23(17-18)27(31(4,29)30)20(3)24(28)25-14-8-16-26-15-7-10-21-9-5-6-11-22(21)26/h5-6,9,11-13,17,20H,7-8,10,14-16H2,1-4H3,(H,25,28)/t20-/m0/s1. The van der Waals surface area contributed by atoms with Crippen LogP contribution in [0.4, 0.5) is 11.4 Å². The van der Waals surface area contributed by atoms with E-state index in [4.69, 9.17) is 0 Å². The third-order valence-corrected chi connectivity index (χ3v) is 7.03. The summed E-state index contributed by atoms with van der Waals surface area (Å²) in [5, 5.41) is 2.93. The van der Waals surface area contributed by atoms with Crippen LogP contribution in [0.5, 0.6) is 0 Å². The van der Waals surface area contributed by atoms with Crippen LogP contribution in [0.3, 0.4) is 0 Å². The Kier molecular flexibility index (Phi) is 7.26. The molecule has 3 rings (SSSR count). The lowest BCUT2D eigenvalue weighted by molar-refractivity contribution is -0.121. The van der Waals surface area contributed by atoms with Crippen LogP contribution in [-0.2, 0) is 21.2 Å². The van der Waals surface area contributed by atoms with Gasteiger partial charge in [0.1, 0.15) is 6.04 Å². The highest BCUT2D eigenvalue weighted by molar-refractivity contribution is 7.92. The van der Waals surface area contributed by atoms with Gasteiger partial charge in [0.05, 0.1) is 11.9 Å². The molecule has 0 aromatic heterocycles. The zero-order valence-corrected chi connectivity index (χ0v) is 19.7. The Morgan fingerprint density at radius 1 is 1.19 bits per heavy atom. The van der Waals surface area contributed by atoms with Crippen molar-refractivity contribution in [2.75, 3.05) is 35.1 Å². The Morgan fingerprint density at radius 2 is 1.94 bits per heavy atom. The maximum Gasteiger partial charge on any atom is 0.243 e. The fourth-order valence-corrected chi connectivity index (χ4v) is 5.44. The normalized spacial score (nSPS) is 14.6. The van der Waals surface area contributed by atoms with Gasteiger partial charge in [-0.3, -0.25) is 9.10 Å². The van der Waals surface area contributed by atoms with Crippen molar-refractivity contribution in [2.24, 2.45) is 0 Å². The van der Waals surface area contributed by atoms with Crippen LogP contribution in [0, 0.1) is 13.8 Å². The molecule has 2 aromatic carbocycles. The lowest BCUT2D eigenvalue weighted by Crippen LogP contribution is -2.48. The van der Waals surface area contributed by atoms with Gasteiger partial charge in [0.2, 0.25) is 15.9 Å². The third-order valence-electron chi connectivity index (χ3n) is 5.80. The van der Waals surface area contributed by atoms with Gasteiger partial charge in [-0.25, -0.2) is 8.42 Å². The van der Waals surface area contributed by atoms with Gasteiger partial charge >= 0.3 is 0 Å². The second kappa shape index (κ2) is 9.73. The maximum absolute atomic E-state index is 12.8. The van der Waals surface area contributed by atoms with E-state index in [1.807, 2.05) is 32.0 Å². The molecule has 31 heavy (non-hydrogen) atoms. The highest BCUT2D eigenvalue weighted by Gasteiger charge is 2.30. The highest BCUT2D eigenvalue weighted by Crippen LogP contribution is 2.27. The van der Waals surface area contributed by atoms with Gasteiger partial charge in [-0.2, -0.15) is 0 Å². The van der Waals surface area contributed by atoms with Crippen LogP contribution in [0.15, 0.2) is 42.5 Å². The van der Waals surface area contributed by atoms with Gasteiger partial charge in [0.15, 0.2) is 0 Å². The summed E-state index contributed by atoms with van der Waals surface area (Å²) in [5.41, 5.74) is 4.98. The molecule has 1 aliphatic heterocycles. The molecule has 1 atom stereocenters. The van der Waals surface area contributed by atoms with Crippen molar-refractivity contribution in [1.82, 2.24) is 5.32 Å². The number of aryl methyl sites for hydroxylation is 3. The van der Waals surface area contributed by atoms with E-state index in [-0.39, 0.29) is 5.91 Å². The first-order chi connectivity index (χ1) is 14.7. The molecule has 0 saturated heterocycles. The number of carbonyl (C=O) groups excluding carboxylic acids is 1. The minimum Gasteiger partial charge on any atom is -0.371 e. The number of carbonyl (C=O) groups is 1. The summed E-state index contributed by atoms with van der Waals surface area (Å²) >= 11 is 0. The molecule has 0 radical (unpaired) electrons. The zero-order chi connectivity index (χ0) is 22.6. The maximum atomic E-state index is 12.8. The lowest BCUT2D eigenvalue weighted by atomic mass is 10.0. The number of anilines is 2. The summed E-state index contributed by atoms with van der Waals surface area (Å²) < 4.78 is 26.3. The molecule has 0 aliphatic carbocycles. The van der Waals surface area contributed by atoms with E-state index < -0.39 is 16.1 Å². The molecule has 1 heterocycles. The Morgan fingerprint density at radius 3 is 2.68 bits per heavy atom.